The van der Waals surface area contributed by atoms with Gasteiger partial charge in [-0.2, -0.15) is 5.10 Å². The van der Waals surface area contributed by atoms with E-state index in [2.05, 4.69) is 15.5 Å². The lowest BCUT2D eigenvalue weighted by Crippen LogP contribution is -2.19. The van der Waals surface area contributed by atoms with E-state index >= 15 is 0 Å². The summed E-state index contributed by atoms with van der Waals surface area (Å²) in [5, 5.41) is 4.40. The van der Waals surface area contributed by atoms with E-state index in [1.165, 1.54) is 25.1 Å². The Labute approximate surface area is 175 Å². The van der Waals surface area contributed by atoms with Gasteiger partial charge in [-0.1, -0.05) is 35.5 Å². The van der Waals surface area contributed by atoms with Crippen molar-refractivity contribution in [2.24, 2.45) is 5.10 Å². The molecule has 0 fully saturated rings. The number of thioether (sulfide) groups is 1. The number of nitrogens with zero attached hydrogens (tertiary/aromatic N) is 2. The number of carbonyl (C=O) groups is 1. The number of amides is 1. The monoisotopic (exact) mass is 435 g/mol. The van der Waals surface area contributed by atoms with Crippen molar-refractivity contribution in [2.45, 2.75) is 11.3 Å². The molecule has 0 aliphatic carbocycles. The zero-order valence-corrected chi connectivity index (χ0v) is 17.7. The first kappa shape index (κ1) is 20.4. The van der Waals surface area contributed by atoms with Crippen LogP contribution in [0.25, 0.3) is 10.2 Å². The standard InChI is InChI=1S/C19H18ClN3O3S2/c1-3-26-18-13(20)8-12(9-15(18)25-2)10-21-23-17(24)11-27-19-22-14-6-4-5-7-16(14)28-19/h4-10H,3,11H2,1-2H3,(H,23,24). The number of rotatable bonds is 8. The van der Waals surface area contributed by atoms with Crippen LogP contribution in [0.15, 0.2) is 45.8 Å². The number of hydrazone groups is 1. The van der Waals surface area contributed by atoms with Crippen LogP contribution in [0.5, 0.6) is 11.5 Å². The van der Waals surface area contributed by atoms with Crippen LogP contribution in [0.1, 0.15) is 12.5 Å². The summed E-state index contributed by atoms with van der Waals surface area (Å²) in [5.74, 6) is 1.00. The molecular weight excluding hydrogens is 418 g/mol. The molecule has 2 aromatic carbocycles. The summed E-state index contributed by atoms with van der Waals surface area (Å²) in [6.45, 7) is 2.35. The number of ether oxygens (including phenoxy) is 2. The van der Waals surface area contributed by atoms with E-state index in [4.69, 9.17) is 21.1 Å². The number of benzene rings is 2. The minimum atomic E-state index is -0.218. The van der Waals surface area contributed by atoms with Crippen LogP contribution in [-0.4, -0.2) is 36.6 Å². The van der Waals surface area contributed by atoms with Crippen molar-refractivity contribution in [1.82, 2.24) is 10.4 Å². The summed E-state index contributed by atoms with van der Waals surface area (Å²) < 4.78 is 12.7. The minimum Gasteiger partial charge on any atom is -0.493 e. The molecule has 0 bridgehead atoms. The van der Waals surface area contributed by atoms with Crippen molar-refractivity contribution in [3.05, 3.63) is 47.0 Å². The van der Waals surface area contributed by atoms with E-state index < -0.39 is 0 Å². The van der Waals surface area contributed by atoms with Gasteiger partial charge in [-0.05, 0) is 36.8 Å². The molecule has 146 valence electrons. The molecule has 0 spiro atoms. The summed E-state index contributed by atoms with van der Waals surface area (Å²) in [4.78, 5) is 16.5. The van der Waals surface area contributed by atoms with E-state index in [0.29, 0.717) is 28.7 Å². The Balaban J connectivity index is 1.56. The molecule has 3 aromatic rings. The zero-order chi connectivity index (χ0) is 19.9. The maximum Gasteiger partial charge on any atom is 0.250 e. The second-order valence-corrected chi connectivity index (χ2v) is 8.16. The third kappa shape index (κ3) is 5.15. The number of para-hydroxylation sites is 1. The number of hydrogen-bond donors (Lipinski definition) is 1. The van der Waals surface area contributed by atoms with Crippen molar-refractivity contribution in [3.63, 3.8) is 0 Å². The fraction of sp³-hybridized carbons (Fsp3) is 0.211. The van der Waals surface area contributed by atoms with Crippen molar-refractivity contribution in [2.75, 3.05) is 19.5 Å². The van der Waals surface area contributed by atoms with Crippen molar-refractivity contribution in [1.29, 1.82) is 0 Å². The molecule has 9 heteroatoms. The van der Waals surface area contributed by atoms with Gasteiger partial charge in [0, 0.05) is 0 Å². The van der Waals surface area contributed by atoms with Gasteiger partial charge in [-0.15, -0.1) is 11.3 Å². The van der Waals surface area contributed by atoms with Gasteiger partial charge in [-0.3, -0.25) is 4.79 Å². The van der Waals surface area contributed by atoms with Gasteiger partial charge in [0.15, 0.2) is 15.8 Å². The molecule has 0 atom stereocenters. The van der Waals surface area contributed by atoms with Crippen LogP contribution in [0.2, 0.25) is 5.02 Å². The molecule has 1 N–H and O–H groups in total. The molecule has 28 heavy (non-hydrogen) atoms. The third-order valence-electron chi connectivity index (χ3n) is 3.54. The number of fused-ring (bicyclic) bond motifs is 1. The summed E-state index contributed by atoms with van der Waals surface area (Å²) in [7, 11) is 1.54. The van der Waals surface area contributed by atoms with Crippen LogP contribution in [0.3, 0.4) is 0 Å². The molecule has 0 saturated heterocycles. The van der Waals surface area contributed by atoms with Gasteiger partial charge < -0.3 is 9.47 Å². The van der Waals surface area contributed by atoms with E-state index in [9.17, 15) is 4.79 Å². The molecule has 0 unspecified atom stereocenters. The van der Waals surface area contributed by atoms with Gasteiger partial charge in [0.2, 0.25) is 0 Å². The average Bonchev–Trinajstić information content (AvgIpc) is 3.11. The summed E-state index contributed by atoms with van der Waals surface area (Å²) in [6, 6.07) is 11.3. The number of aromatic nitrogens is 1. The molecule has 1 amide bonds. The summed E-state index contributed by atoms with van der Waals surface area (Å²) in [6.07, 6.45) is 1.50. The second kappa shape index (κ2) is 9.77. The number of carbonyl (C=O) groups excluding carboxylic acids is 1. The van der Waals surface area contributed by atoms with E-state index in [0.717, 1.165) is 14.6 Å². The maximum absolute atomic E-state index is 12.0. The first-order chi connectivity index (χ1) is 13.6. The average molecular weight is 436 g/mol. The largest absolute Gasteiger partial charge is 0.493 e. The molecule has 6 nitrogen and oxygen atoms in total. The lowest BCUT2D eigenvalue weighted by atomic mass is 10.2. The predicted molar refractivity (Wildman–Crippen MR) is 115 cm³/mol. The van der Waals surface area contributed by atoms with Gasteiger partial charge >= 0.3 is 0 Å². The highest BCUT2D eigenvalue weighted by Gasteiger charge is 2.11. The quantitative estimate of drug-likeness (QED) is 0.318. The van der Waals surface area contributed by atoms with E-state index in [1.54, 1.807) is 23.5 Å². The lowest BCUT2D eigenvalue weighted by Gasteiger charge is -2.11. The molecule has 0 aliphatic rings. The van der Waals surface area contributed by atoms with Gasteiger partial charge in [0.25, 0.3) is 5.91 Å². The van der Waals surface area contributed by atoms with Crippen molar-refractivity contribution >= 4 is 57.0 Å². The maximum atomic E-state index is 12.0. The minimum absolute atomic E-state index is 0.218. The Morgan fingerprint density at radius 1 is 1.39 bits per heavy atom. The highest BCUT2D eigenvalue weighted by atomic mass is 35.5. The molecule has 3 rings (SSSR count). The van der Waals surface area contributed by atoms with E-state index in [1.807, 2.05) is 31.2 Å². The number of nitrogens with one attached hydrogen (secondary N) is 1. The molecule has 0 saturated carbocycles. The number of hydrogen-bond acceptors (Lipinski definition) is 7. The fourth-order valence-corrected chi connectivity index (χ4v) is 4.48. The van der Waals surface area contributed by atoms with Gasteiger partial charge in [-0.25, -0.2) is 10.4 Å². The topological polar surface area (TPSA) is 72.8 Å². The van der Waals surface area contributed by atoms with Crippen LogP contribution in [0, 0.1) is 0 Å². The Bertz CT molecular complexity index is 974. The van der Waals surface area contributed by atoms with Crippen LogP contribution < -0.4 is 14.9 Å². The van der Waals surface area contributed by atoms with Gasteiger partial charge in [0.1, 0.15) is 0 Å². The van der Waals surface area contributed by atoms with Gasteiger partial charge in [0.05, 0.1) is 40.9 Å². The Morgan fingerprint density at radius 2 is 2.21 bits per heavy atom. The molecule has 0 radical (unpaired) electrons. The normalized spacial score (nSPS) is 11.1. The first-order valence-corrected chi connectivity index (χ1v) is 10.6. The number of methoxy groups -OCH3 is 1. The second-order valence-electron chi connectivity index (χ2n) is 5.50. The van der Waals surface area contributed by atoms with Crippen molar-refractivity contribution in [3.8, 4) is 11.5 Å². The zero-order valence-electron chi connectivity index (χ0n) is 15.3. The van der Waals surface area contributed by atoms with Crippen LogP contribution in [-0.2, 0) is 4.79 Å². The molecular formula is C19H18ClN3O3S2. The number of thiazole rings is 1. The molecule has 1 aromatic heterocycles. The number of halogens is 1. The Hall–Kier alpha value is -2.29. The fourth-order valence-electron chi connectivity index (χ4n) is 2.35. The highest BCUT2D eigenvalue weighted by Crippen LogP contribution is 2.36. The van der Waals surface area contributed by atoms with E-state index in [-0.39, 0.29) is 11.7 Å². The van der Waals surface area contributed by atoms with Crippen LogP contribution >= 0.6 is 34.7 Å². The first-order valence-electron chi connectivity index (χ1n) is 8.41. The molecule has 0 aliphatic heterocycles. The highest BCUT2D eigenvalue weighted by molar-refractivity contribution is 8.01. The predicted octanol–water partition coefficient (Wildman–Crippen LogP) is 4.60. The summed E-state index contributed by atoms with van der Waals surface area (Å²) >= 11 is 9.17. The SMILES string of the molecule is CCOc1c(Cl)cc(C=NNC(=O)CSc2nc3ccccc3s2)cc1OC. The lowest BCUT2D eigenvalue weighted by molar-refractivity contribution is -0.118. The smallest absolute Gasteiger partial charge is 0.250 e. The van der Waals surface area contributed by atoms with Crippen molar-refractivity contribution < 1.29 is 14.3 Å². The Morgan fingerprint density at radius 3 is 2.96 bits per heavy atom. The Kier molecular flexibility index (Phi) is 7.13. The van der Waals surface area contributed by atoms with Crippen LogP contribution in [0.4, 0.5) is 0 Å². The molecule has 1 heterocycles. The third-order valence-corrected chi connectivity index (χ3v) is 6.00. The summed E-state index contributed by atoms with van der Waals surface area (Å²) in [5.41, 5.74) is 4.13.